The number of hydrogen-bond acceptors (Lipinski definition) is 3. The van der Waals surface area contributed by atoms with Crippen molar-refractivity contribution in [3.8, 4) is 0 Å². The highest BCUT2D eigenvalue weighted by Crippen LogP contribution is 2.42. The second-order valence-corrected chi connectivity index (χ2v) is 10.9. The minimum atomic E-state index is -1.81. The molecule has 0 aliphatic rings. The van der Waals surface area contributed by atoms with E-state index < -0.39 is 15.4 Å². The molecule has 0 aliphatic heterocycles. The average Bonchev–Trinajstić information content (AvgIpc) is 2.15. The molecule has 0 bridgehead atoms. The van der Waals surface area contributed by atoms with Gasteiger partial charge >= 0.3 is 7.12 Å². The van der Waals surface area contributed by atoms with E-state index in [9.17, 15) is 0 Å². The van der Waals surface area contributed by atoms with Crippen LogP contribution in [0.5, 0.6) is 0 Å². The molecule has 0 saturated carbocycles. The van der Waals surface area contributed by atoms with E-state index in [0.717, 1.165) is 0 Å². The summed E-state index contributed by atoms with van der Waals surface area (Å²) in [6, 6.07) is 0. The molecule has 0 aromatic heterocycles. The van der Waals surface area contributed by atoms with E-state index in [-0.39, 0.29) is 0 Å². The van der Waals surface area contributed by atoms with Gasteiger partial charge in [-0.05, 0) is 16.6 Å². The predicted molar refractivity (Wildman–Crippen MR) is 76.3 cm³/mol. The standard InChI is InChI=1S/C12H27BO3Si/c1-10(2)17(11(3)4,12(5)6)16-9-7-8-13(14)15/h7-8,10-12,14-15H,9H2,1-6H3/b8-7+. The number of rotatable bonds is 7. The highest BCUT2D eigenvalue weighted by Gasteiger charge is 2.44. The molecule has 0 rings (SSSR count). The third kappa shape index (κ3) is 4.58. The van der Waals surface area contributed by atoms with Gasteiger partial charge in [0.05, 0.1) is 6.61 Å². The van der Waals surface area contributed by atoms with Crippen molar-refractivity contribution < 1.29 is 14.5 Å². The molecule has 0 fully saturated rings. The summed E-state index contributed by atoms with van der Waals surface area (Å²) in [7, 11) is -3.20. The van der Waals surface area contributed by atoms with Crippen LogP contribution in [0.15, 0.2) is 12.1 Å². The van der Waals surface area contributed by atoms with Gasteiger partial charge in [-0.15, -0.1) is 0 Å². The maximum atomic E-state index is 8.73. The molecule has 0 unspecified atom stereocenters. The lowest BCUT2D eigenvalue weighted by Crippen LogP contribution is -2.47. The van der Waals surface area contributed by atoms with Crippen LogP contribution < -0.4 is 0 Å². The van der Waals surface area contributed by atoms with Crippen molar-refractivity contribution >= 4 is 15.4 Å². The van der Waals surface area contributed by atoms with Crippen molar-refractivity contribution in [3.05, 3.63) is 12.1 Å². The first-order valence-corrected chi connectivity index (χ1v) is 8.55. The molecule has 100 valence electrons. The van der Waals surface area contributed by atoms with Crippen LogP contribution >= 0.6 is 0 Å². The average molecular weight is 258 g/mol. The highest BCUT2D eigenvalue weighted by atomic mass is 28.4. The van der Waals surface area contributed by atoms with Crippen LogP contribution in [0.1, 0.15) is 41.5 Å². The summed E-state index contributed by atoms with van der Waals surface area (Å²) in [5.74, 6) is 1.35. The maximum Gasteiger partial charge on any atom is 0.480 e. The molecule has 3 nitrogen and oxygen atoms in total. The van der Waals surface area contributed by atoms with E-state index in [1.807, 2.05) is 0 Å². The molecule has 0 aromatic carbocycles. The fourth-order valence-electron chi connectivity index (χ4n) is 2.87. The third-order valence-electron chi connectivity index (χ3n) is 3.44. The Morgan fingerprint density at radius 2 is 1.41 bits per heavy atom. The van der Waals surface area contributed by atoms with E-state index in [0.29, 0.717) is 23.2 Å². The zero-order valence-corrected chi connectivity index (χ0v) is 13.0. The van der Waals surface area contributed by atoms with Gasteiger partial charge in [-0.3, -0.25) is 0 Å². The van der Waals surface area contributed by atoms with Gasteiger partial charge in [-0.1, -0.05) is 53.6 Å². The Morgan fingerprint density at radius 3 is 1.71 bits per heavy atom. The summed E-state index contributed by atoms with van der Waals surface area (Å²) in [4.78, 5) is 0. The Balaban J connectivity index is 4.71. The molecule has 0 aromatic rings. The second-order valence-electron chi connectivity index (χ2n) is 5.47. The van der Waals surface area contributed by atoms with Crippen molar-refractivity contribution in [3.63, 3.8) is 0 Å². The maximum absolute atomic E-state index is 8.73. The zero-order chi connectivity index (χ0) is 13.6. The molecule has 5 heteroatoms. The van der Waals surface area contributed by atoms with Crippen LogP contribution in [0.3, 0.4) is 0 Å². The summed E-state index contributed by atoms with van der Waals surface area (Å²) >= 11 is 0. The van der Waals surface area contributed by atoms with Crippen molar-refractivity contribution in [2.24, 2.45) is 0 Å². The molecular formula is C12H27BO3Si. The summed E-state index contributed by atoms with van der Waals surface area (Å²) < 4.78 is 6.19. The molecule has 0 atom stereocenters. The van der Waals surface area contributed by atoms with E-state index in [2.05, 4.69) is 41.5 Å². The van der Waals surface area contributed by atoms with Crippen molar-refractivity contribution in [2.45, 2.75) is 58.2 Å². The van der Waals surface area contributed by atoms with Gasteiger partial charge in [0.25, 0.3) is 0 Å². The Morgan fingerprint density at radius 1 is 1.00 bits per heavy atom. The summed E-state index contributed by atoms with van der Waals surface area (Å²) in [5, 5.41) is 17.5. The van der Waals surface area contributed by atoms with Crippen LogP contribution in [0, 0.1) is 0 Å². The summed E-state index contributed by atoms with van der Waals surface area (Å²) in [6.07, 6.45) is 1.69. The van der Waals surface area contributed by atoms with Gasteiger partial charge in [0.1, 0.15) is 0 Å². The number of hydrogen-bond donors (Lipinski definition) is 2. The normalized spacial score (nSPS) is 13.4. The molecule has 0 spiro atoms. The van der Waals surface area contributed by atoms with E-state index in [4.69, 9.17) is 14.5 Å². The largest absolute Gasteiger partial charge is 0.480 e. The lowest BCUT2D eigenvalue weighted by Gasteiger charge is -2.41. The first kappa shape index (κ1) is 16.9. The molecule has 0 amide bonds. The van der Waals surface area contributed by atoms with Crippen molar-refractivity contribution in [1.82, 2.24) is 0 Å². The topological polar surface area (TPSA) is 49.7 Å². The van der Waals surface area contributed by atoms with E-state index in [1.54, 1.807) is 6.08 Å². The third-order valence-corrected chi connectivity index (χ3v) is 9.53. The molecule has 0 radical (unpaired) electrons. The monoisotopic (exact) mass is 258 g/mol. The second kappa shape index (κ2) is 7.36. The minimum Gasteiger partial charge on any atom is -0.424 e. The lowest BCUT2D eigenvalue weighted by atomic mass is 9.92. The van der Waals surface area contributed by atoms with E-state index >= 15 is 0 Å². The van der Waals surface area contributed by atoms with Gasteiger partial charge < -0.3 is 14.5 Å². The fraction of sp³-hybridized carbons (Fsp3) is 0.833. The molecular weight excluding hydrogens is 231 g/mol. The lowest BCUT2D eigenvalue weighted by molar-refractivity contribution is 0.315. The molecule has 2 N–H and O–H groups in total. The van der Waals surface area contributed by atoms with Gasteiger partial charge in [-0.2, -0.15) is 0 Å². The SMILES string of the molecule is CC(C)[Si](OC/C=C/B(O)O)(C(C)C)C(C)C. The zero-order valence-electron chi connectivity index (χ0n) is 12.0. The molecule has 0 heterocycles. The van der Waals surface area contributed by atoms with Crippen LogP contribution in [0.2, 0.25) is 16.6 Å². The first-order valence-electron chi connectivity index (χ1n) is 6.41. The van der Waals surface area contributed by atoms with Crippen LogP contribution in [-0.2, 0) is 4.43 Å². The Labute approximate surface area is 107 Å². The molecule has 0 aliphatic carbocycles. The van der Waals surface area contributed by atoms with E-state index in [1.165, 1.54) is 5.98 Å². The Bertz CT molecular complexity index is 218. The van der Waals surface area contributed by atoms with Gasteiger partial charge in [0.2, 0.25) is 8.32 Å². The summed E-state index contributed by atoms with van der Waals surface area (Å²) in [5.41, 5.74) is 1.65. The predicted octanol–water partition coefficient (Wildman–Crippen LogP) is 2.75. The van der Waals surface area contributed by atoms with Crippen LogP contribution in [-0.4, -0.2) is 32.1 Å². The Kier molecular flexibility index (Phi) is 7.32. The fourth-order valence-corrected chi connectivity index (χ4v) is 8.25. The highest BCUT2D eigenvalue weighted by molar-refractivity contribution is 6.77. The van der Waals surface area contributed by atoms with Gasteiger partial charge in [-0.25, -0.2) is 0 Å². The van der Waals surface area contributed by atoms with Gasteiger partial charge in [0.15, 0.2) is 0 Å². The van der Waals surface area contributed by atoms with Gasteiger partial charge in [0, 0.05) is 0 Å². The summed E-state index contributed by atoms with van der Waals surface area (Å²) in [6.45, 7) is 13.9. The quantitative estimate of drug-likeness (QED) is 0.690. The smallest absolute Gasteiger partial charge is 0.424 e. The first-order chi connectivity index (χ1) is 7.75. The van der Waals surface area contributed by atoms with Crippen LogP contribution in [0.4, 0.5) is 0 Å². The molecule has 17 heavy (non-hydrogen) atoms. The Hall–Kier alpha value is -0.0982. The van der Waals surface area contributed by atoms with Crippen LogP contribution in [0.25, 0.3) is 0 Å². The van der Waals surface area contributed by atoms with Crippen molar-refractivity contribution in [2.75, 3.05) is 6.61 Å². The molecule has 0 saturated heterocycles. The minimum absolute atomic E-state index is 0.471. The van der Waals surface area contributed by atoms with Crippen molar-refractivity contribution in [1.29, 1.82) is 0 Å².